The molecule has 160 valence electrons. The van der Waals surface area contributed by atoms with Crippen LogP contribution in [0.25, 0.3) is 0 Å². The maximum Gasteiger partial charge on any atom is 0.364 e. The Labute approximate surface area is 158 Å². The summed E-state index contributed by atoms with van der Waals surface area (Å²) in [5.41, 5.74) is 0. The summed E-state index contributed by atoms with van der Waals surface area (Å²) in [7, 11) is 0. The number of aliphatic hydroxyl groups is 4. The van der Waals surface area contributed by atoms with Gasteiger partial charge in [0.25, 0.3) is 5.79 Å². The van der Waals surface area contributed by atoms with Crippen LogP contribution in [-0.4, -0.2) is 98.8 Å². The van der Waals surface area contributed by atoms with Gasteiger partial charge in [0.2, 0.25) is 5.91 Å². The molecular formula is C15H23NO12. The average molecular weight is 409 g/mol. The first-order valence-corrected chi connectivity index (χ1v) is 8.11. The Morgan fingerprint density at radius 1 is 1.25 bits per heavy atom. The number of hydrogen-bond acceptors (Lipinski definition) is 11. The van der Waals surface area contributed by atoms with Gasteiger partial charge in [0.1, 0.15) is 25.4 Å². The van der Waals surface area contributed by atoms with Gasteiger partial charge in [-0.3, -0.25) is 14.4 Å². The molecular weight excluding hydrogens is 386 g/mol. The zero-order chi connectivity index (χ0) is 21.6. The topological polar surface area (TPSA) is 209 Å². The third kappa shape index (κ3) is 6.10. The van der Waals surface area contributed by atoms with Gasteiger partial charge in [-0.1, -0.05) is 0 Å². The van der Waals surface area contributed by atoms with Gasteiger partial charge < -0.3 is 45.1 Å². The first-order valence-electron chi connectivity index (χ1n) is 8.11. The van der Waals surface area contributed by atoms with E-state index >= 15 is 0 Å². The number of ether oxygens (including phenoxy) is 3. The second-order valence-corrected chi connectivity index (χ2v) is 6.14. The second kappa shape index (κ2) is 9.75. The molecule has 13 heteroatoms. The van der Waals surface area contributed by atoms with E-state index in [1.807, 2.05) is 0 Å². The van der Waals surface area contributed by atoms with Crippen molar-refractivity contribution in [2.45, 2.75) is 56.5 Å². The lowest BCUT2D eigenvalue weighted by atomic mass is 9.88. The molecule has 0 aromatic heterocycles. The predicted octanol–water partition coefficient (Wildman–Crippen LogP) is -3.76. The van der Waals surface area contributed by atoms with Crippen LogP contribution in [0.4, 0.5) is 0 Å². The Morgan fingerprint density at radius 2 is 1.86 bits per heavy atom. The van der Waals surface area contributed by atoms with E-state index in [4.69, 9.17) is 19.7 Å². The fraction of sp³-hybridized carbons (Fsp3) is 0.733. The molecule has 0 aliphatic carbocycles. The molecule has 6 atom stereocenters. The lowest BCUT2D eigenvalue weighted by Crippen LogP contribution is -2.67. The van der Waals surface area contributed by atoms with Gasteiger partial charge in [-0.2, -0.15) is 0 Å². The molecule has 1 saturated heterocycles. The summed E-state index contributed by atoms with van der Waals surface area (Å²) in [4.78, 5) is 45.1. The van der Waals surface area contributed by atoms with E-state index in [0.29, 0.717) is 0 Å². The van der Waals surface area contributed by atoms with Crippen LogP contribution in [0.5, 0.6) is 0 Å². The highest BCUT2D eigenvalue weighted by molar-refractivity contribution is 5.78. The molecule has 0 saturated carbocycles. The van der Waals surface area contributed by atoms with Crippen molar-refractivity contribution >= 4 is 23.8 Å². The Bertz CT molecular complexity index is 610. The number of aliphatic hydroxyl groups excluding tert-OH is 3. The number of carboxylic acid groups (broad SMARTS) is 1. The largest absolute Gasteiger partial charge is 0.477 e. The van der Waals surface area contributed by atoms with Crippen molar-refractivity contribution in [2.24, 2.45) is 0 Å². The van der Waals surface area contributed by atoms with Crippen LogP contribution in [0, 0.1) is 0 Å². The van der Waals surface area contributed by atoms with Crippen LogP contribution >= 0.6 is 0 Å². The maximum atomic E-state index is 11.5. The molecule has 1 rings (SSSR count). The summed E-state index contributed by atoms with van der Waals surface area (Å²) in [6, 6.07) is -1.50. The molecule has 0 spiro atoms. The van der Waals surface area contributed by atoms with Crippen molar-refractivity contribution in [3.8, 4) is 0 Å². The average Bonchev–Trinajstić information content (AvgIpc) is 2.59. The minimum absolute atomic E-state index is 0.655. The van der Waals surface area contributed by atoms with Gasteiger partial charge in [0.15, 0.2) is 6.10 Å². The molecule has 1 heterocycles. The normalized spacial score (nSPS) is 29.3. The smallest absolute Gasteiger partial charge is 0.364 e. The number of carbonyl (C=O) groups excluding carboxylic acids is 3. The molecule has 1 amide bonds. The predicted molar refractivity (Wildman–Crippen MR) is 85.3 cm³/mol. The summed E-state index contributed by atoms with van der Waals surface area (Å²) in [5, 5.41) is 51.0. The van der Waals surface area contributed by atoms with Gasteiger partial charge in [-0.25, -0.2) is 4.79 Å². The van der Waals surface area contributed by atoms with Gasteiger partial charge in [-0.05, 0) is 0 Å². The van der Waals surface area contributed by atoms with Crippen LogP contribution in [0.1, 0.15) is 20.3 Å². The third-order valence-corrected chi connectivity index (χ3v) is 3.88. The maximum absolute atomic E-state index is 11.5. The van der Waals surface area contributed by atoms with Crippen molar-refractivity contribution in [3.05, 3.63) is 0 Å². The summed E-state index contributed by atoms with van der Waals surface area (Å²) < 4.78 is 14.5. The van der Waals surface area contributed by atoms with Gasteiger partial charge in [-0.15, -0.1) is 0 Å². The highest BCUT2D eigenvalue weighted by Gasteiger charge is 2.54. The molecule has 13 nitrogen and oxygen atoms in total. The highest BCUT2D eigenvalue weighted by Crippen LogP contribution is 2.31. The van der Waals surface area contributed by atoms with Crippen LogP contribution in [0.15, 0.2) is 0 Å². The number of carboxylic acids is 1. The SMILES string of the molecule is CC(=O)OC[C@@H](OC(C)=O)[C@@H](O)[C@@H]1OC(O)(C(=O)O)C[C@H](O)[C@H]1NC(=O)CO. The molecule has 0 bridgehead atoms. The van der Waals surface area contributed by atoms with Gasteiger partial charge in [0, 0.05) is 20.3 Å². The highest BCUT2D eigenvalue weighted by atomic mass is 16.7. The van der Waals surface area contributed by atoms with Crippen molar-refractivity contribution in [2.75, 3.05) is 13.2 Å². The molecule has 0 radical (unpaired) electrons. The summed E-state index contributed by atoms with van der Waals surface area (Å²) in [5.74, 6) is -7.46. The summed E-state index contributed by atoms with van der Waals surface area (Å²) >= 11 is 0. The number of aliphatic carboxylic acids is 1. The molecule has 0 aromatic rings. The van der Waals surface area contributed by atoms with Crippen molar-refractivity contribution in [3.63, 3.8) is 0 Å². The van der Waals surface area contributed by atoms with E-state index in [2.05, 4.69) is 10.1 Å². The van der Waals surface area contributed by atoms with Crippen molar-refractivity contribution in [1.82, 2.24) is 5.32 Å². The van der Waals surface area contributed by atoms with Crippen molar-refractivity contribution < 1.29 is 58.9 Å². The summed E-state index contributed by atoms with van der Waals surface area (Å²) in [6.07, 6.45) is -7.95. The zero-order valence-electron chi connectivity index (χ0n) is 15.1. The van der Waals surface area contributed by atoms with Crippen LogP contribution in [-0.2, 0) is 33.4 Å². The van der Waals surface area contributed by atoms with E-state index in [1.54, 1.807) is 0 Å². The monoisotopic (exact) mass is 409 g/mol. The van der Waals surface area contributed by atoms with E-state index in [-0.39, 0.29) is 0 Å². The molecule has 1 aliphatic heterocycles. The minimum Gasteiger partial charge on any atom is -0.477 e. The Hall–Kier alpha value is -2.32. The second-order valence-electron chi connectivity index (χ2n) is 6.14. The Balaban J connectivity index is 3.20. The molecule has 6 N–H and O–H groups in total. The third-order valence-electron chi connectivity index (χ3n) is 3.88. The van der Waals surface area contributed by atoms with E-state index < -0.39 is 79.7 Å². The van der Waals surface area contributed by atoms with E-state index in [0.717, 1.165) is 13.8 Å². The summed E-state index contributed by atoms with van der Waals surface area (Å²) in [6.45, 7) is 0.391. The van der Waals surface area contributed by atoms with Crippen LogP contribution in [0.3, 0.4) is 0 Å². The first-order chi connectivity index (χ1) is 12.9. The Morgan fingerprint density at radius 3 is 2.32 bits per heavy atom. The van der Waals surface area contributed by atoms with Gasteiger partial charge in [0.05, 0.1) is 12.1 Å². The van der Waals surface area contributed by atoms with Gasteiger partial charge >= 0.3 is 17.9 Å². The van der Waals surface area contributed by atoms with E-state index in [1.165, 1.54) is 0 Å². The first kappa shape index (κ1) is 23.7. The molecule has 0 aromatic carbocycles. The Kier molecular flexibility index (Phi) is 8.26. The standard InChI is InChI=1S/C15H23NO12/c1-6(18)26-5-9(27-7(2)19)12(22)13-11(16-10(21)4-17)8(20)3-15(25,28-13)14(23)24/h8-9,11-13,17,20,22,25H,3-5H2,1-2H3,(H,16,21)(H,23,24)/t8-,9+,11+,12+,13+,15?/m0/s1. The number of carbonyl (C=O) groups is 4. The number of amides is 1. The minimum atomic E-state index is -2.92. The fourth-order valence-corrected chi connectivity index (χ4v) is 2.63. The number of nitrogens with one attached hydrogen (secondary N) is 1. The zero-order valence-corrected chi connectivity index (χ0v) is 15.1. The van der Waals surface area contributed by atoms with E-state index in [9.17, 15) is 34.5 Å². The van der Waals surface area contributed by atoms with Crippen LogP contribution < -0.4 is 5.32 Å². The quantitative estimate of drug-likeness (QED) is 0.214. The number of rotatable bonds is 8. The van der Waals surface area contributed by atoms with Crippen LogP contribution in [0.2, 0.25) is 0 Å². The lowest BCUT2D eigenvalue weighted by Gasteiger charge is -2.45. The molecule has 28 heavy (non-hydrogen) atoms. The molecule has 1 fully saturated rings. The lowest BCUT2D eigenvalue weighted by molar-refractivity contribution is -0.295. The number of esters is 2. The van der Waals surface area contributed by atoms with Crippen molar-refractivity contribution in [1.29, 1.82) is 0 Å². The molecule has 1 aliphatic rings. The number of hydrogen-bond donors (Lipinski definition) is 6. The fourth-order valence-electron chi connectivity index (χ4n) is 2.63. The molecule has 1 unspecified atom stereocenters.